The van der Waals surface area contributed by atoms with Crippen molar-refractivity contribution in [1.29, 1.82) is 0 Å². The Labute approximate surface area is 101 Å². The van der Waals surface area contributed by atoms with Crippen LogP contribution in [0.4, 0.5) is 0 Å². The molecule has 88 valence electrons. The van der Waals surface area contributed by atoms with Crippen LogP contribution in [0.2, 0.25) is 0 Å². The summed E-state index contributed by atoms with van der Waals surface area (Å²) in [6, 6.07) is 8.31. The van der Waals surface area contributed by atoms with Crippen LogP contribution in [0, 0.1) is 0 Å². The van der Waals surface area contributed by atoms with Crippen LogP contribution in [0.3, 0.4) is 0 Å². The molecule has 0 atom stereocenters. The Kier molecular flexibility index (Phi) is 2.61. The van der Waals surface area contributed by atoms with Gasteiger partial charge in [-0.1, -0.05) is 12.1 Å². The molecule has 0 unspecified atom stereocenters. The number of nitrogens with one attached hydrogen (secondary N) is 1. The molecule has 1 aliphatic heterocycles. The van der Waals surface area contributed by atoms with Gasteiger partial charge in [0.15, 0.2) is 0 Å². The zero-order valence-corrected chi connectivity index (χ0v) is 9.94. The topological polar surface area (TPSA) is 28.3 Å². The monoisotopic (exact) mass is 228 g/mol. The third kappa shape index (κ3) is 2.06. The molecule has 0 amide bonds. The largest absolute Gasteiger partial charge is 0.497 e. The second-order valence-corrected chi connectivity index (χ2v) is 4.50. The molecule has 0 aliphatic carbocycles. The van der Waals surface area contributed by atoms with E-state index in [1.54, 1.807) is 7.11 Å². The molecular formula is C14H16N2O. The minimum absolute atomic E-state index is 0.918. The van der Waals surface area contributed by atoms with Gasteiger partial charge in [0.2, 0.25) is 0 Å². The van der Waals surface area contributed by atoms with Gasteiger partial charge in [-0.3, -0.25) is 4.90 Å². The van der Waals surface area contributed by atoms with E-state index in [0.29, 0.717) is 0 Å². The first-order chi connectivity index (χ1) is 8.35. The van der Waals surface area contributed by atoms with Gasteiger partial charge in [-0.05, 0) is 28.8 Å². The van der Waals surface area contributed by atoms with E-state index in [0.717, 1.165) is 25.4 Å². The Bertz CT molecular complexity index is 481. The van der Waals surface area contributed by atoms with Crippen LogP contribution >= 0.6 is 0 Å². The standard InChI is InChI=1S/C14H16N2O/c1-17-14-4-2-11(3-5-14)8-16-9-12-6-15-7-13(12)10-16/h2-7,15H,8-10H2,1H3. The number of aromatic amines is 1. The SMILES string of the molecule is COc1ccc(CN2Cc3c[nH]cc3C2)cc1. The Balaban J connectivity index is 1.66. The number of aromatic nitrogens is 1. The number of nitrogens with zero attached hydrogens (tertiary/aromatic N) is 1. The number of methoxy groups -OCH3 is 1. The maximum Gasteiger partial charge on any atom is 0.118 e. The molecule has 2 heterocycles. The molecule has 0 bridgehead atoms. The summed E-state index contributed by atoms with van der Waals surface area (Å²) in [4.78, 5) is 5.60. The number of benzene rings is 1. The molecule has 1 aliphatic rings. The van der Waals surface area contributed by atoms with E-state index < -0.39 is 0 Å². The highest BCUT2D eigenvalue weighted by atomic mass is 16.5. The molecule has 1 N–H and O–H groups in total. The van der Waals surface area contributed by atoms with Crippen LogP contribution in [0.15, 0.2) is 36.7 Å². The van der Waals surface area contributed by atoms with E-state index in [1.807, 2.05) is 12.1 Å². The van der Waals surface area contributed by atoms with E-state index in [2.05, 4.69) is 34.4 Å². The Hall–Kier alpha value is -1.74. The van der Waals surface area contributed by atoms with E-state index in [4.69, 9.17) is 4.74 Å². The number of fused-ring (bicyclic) bond motifs is 1. The van der Waals surface area contributed by atoms with Gasteiger partial charge in [0.1, 0.15) is 5.75 Å². The molecule has 2 aromatic rings. The lowest BCUT2D eigenvalue weighted by Gasteiger charge is -2.15. The van der Waals surface area contributed by atoms with Gasteiger partial charge >= 0.3 is 0 Å². The second kappa shape index (κ2) is 4.26. The number of H-pyrrole nitrogens is 1. The average molecular weight is 228 g/mol. The molecule has 17 heavy (non-hydrogen) atoms. The zero-order valence-electron chi connectivity index (χ0n) is 9.94. The first-order valence-electron chi connectivity index (χ1n) is 5.85. The molecule has 0 fully saturated rings. The molecule has 0 saturated carbocycles. The summed E-state index contributed by atoms with van der Waals surface area (Å²) >= 11 is 0. The number of ether oxygens (including phenoxy) is 1. The summed E-state index contributed by atoms with van der Waals surface area (Å²) in [6.45, 7) is 3.09. The Morgan fingerprint density at radius 1 is 1.12 bits per heavy atom. The fourth-order valence-corrected chi connectivity index (χ4v) is 2.36. The highest BCUT2D eigenvalue weighted by molar-refractivity contribution is 5.29. The number of hydrogen-bond donors (Lipinski definition) is 1. The predicted molar refractivity (Wildman–Crippen MR) is 66.7 cm³/mol. The smallest absolute Gasteiger partial charge is 0.118 e. The maximum atomic E-state index is 5.16. The molecule has 3 nitrogen and oxygen atoms in total. The predicted octanol–water partition coefficient (Wildman–Crippen LogP) is 2.54. The third-order valence-corrected chi connectivity index (χ3v) is 3.28. The van der Waals surface area contributed by atoms with Crippen LogP contribution in [-0.2, 0) is 19.6 Å². The van der Waals surface area contributed by atoms with Crippen LogP contribution < -0.4 is 4.74 Å². The normalized spacial score (nSPS) is 14.9. The summed E-state index contributed by atoms with van der Waals surface area (Å²) in [5.74, 6) is 0.918. The van der Waals surface area contributed by atoms with Crippen molar-refractivity contribution in [3.63, 3.8) is 0 Å². The van der Waals surface area contributed by atoms with E-state index in [9.17, 15) is 0 Å². The van der Waals surface area contributed by atoms with Gasteiger partial charge in [-0.25, -0.2) is 0 Å². The van der Waals surface area contributed by atoms with Crippen molar-refractivity contribution in [2.75, 3.05) is 7.11 Å². The molecule has 3 heteroatoms. The third-order valence-electron chi connectivity index (χ3n) is 3.28. The minimum atomic E-state index is 0.918. The summed E-state index contributed by atoms with van der Waals surface area (Å²) in [5.41, 5.74) is 4.19. The fraction of sp³-hybridized carbons (Fsp3) is 0.286. The lowest BCUT2D eigenvalue weighted by atomic mass is 10.2. The molecular weight excluding hydrogens is 212 g/mol. The fourth-order valence-electron chi connectivity index (χ4n) is 2.36. The summed E-state index contributed by atoms with van der Waals surface area (Å²) in [7, 11) is 1.70. The van der Waals surface area contributed by atoms with Gasteiger partial charge < -0.3 is 9.72 Å². The lowest BCUT2D eigenvalue weighted by Crippen LogP contribution is -2.15. The molecule has 3 rings (SSSR count). The maximum absolute atomic E-state index is 5.16. The summed E-state index contributed by atoms with van der Waals surface area (Å²) in [5, 5.41) is 0. The summed E-state index contributed by atoms with van der Waals surface area (Å²) in [6.07, 6.45) is 4.20. The van der Waals surface area contributed by atoms with E-state index >= 15 is 0 Å². The van der Waals surface area contributed by atoms with Gasteiger partial charge in [-0.15, -0.1) is 0 Å². The summed E-state index contributed by atoms with van der Waals surface area (Å²) < 4.78 is 5.16. The Morgan fingerprint density at radius 2 is 1.76 bits per heavy atom. The van der Waals surface area contributed by atoms with Gasteiger partial charge in [-0.2, -0.15) is 0 Å². The number of rotatable bonds is 3. The highest BCUT2D eigenvalue weighted by Gasteiger charge is 2.19. The van der Waals surface area contributed by atoms with Gasteiger partial charge in [0.05, 0.1) is 7.11 Å². The van der Waals surface area contributed by atoms with Crippen LogP contribution in [0.25, 0.3) is 0 Å². The lowest BCUT2D eigenvalue weighted by molar-refractivity contribution is 0.274. The molecule has 0 radical (unpaired) electrons. The van der Waals surface area contributed by atoms with Crippen molar-refractivity contribution in [3.05, 3.63) is 53.3 Å². The van der Waals surface area contributed by atoms with Crippen molar-refractivity contribution >= 4 is 0 Å². The van der Waals surface area contributed by atoms with Crippen molar-refractivity contribution in [2.45, 2.75) is 19.6 Å². The molecule has 0 spiro atoms. The molecule has 0 saturated heterocycles. The van der Waals surface area contributed by atoms with E-state index in [1.165, 1.54) is 16.7 Å². The van der Waals surface area contributed by atoms with Crippen molar-refractivity contribution in [1.82, 2.24) is 9.88 Å². The van der Waals surface area contributed by atoms with Gasteiger partial charge in [0, 0.05) is 32.0 Å². The van der Waals surface area contributed by atoms with Crippen molar-refractivity contribution in [3.8, 4) is 5.75 Å². The number of hydrogen-bond acceptors (Lipinski definition) is 2. The average Bonchev–Trinajstić information content (AvgIpc) is 2.90. The first kappa shape index (κ1) is 10.4. The van der Waals surface area contributed by atoms with Crippen LogP contribution in [-0.4, -0.2) is 17.0 Å². The quantitative estimate of drug-likeness (QED) is 0.874. The van der Waals surface area contributed by atoms with Crippen LogP contribution in [0.1, 0.15) is 16.7 Å². The van der Waals surface area contributed by atoms with E-state index in [-0.39, 0.29) is 0 Å². The molecule has 1 aromatic carbocycles. The van der Waals surface area contributed by atoms with Gasteiger partial charge in [0.25, 0.3) is 0 Å². The van der Waals surface area contributed by atoms with Crippen LogP contribution in [0.5, 0.6) is 5.75 Å². The Morgan fingerprint density at radius 3 is 2.35 bits per heavy atom. The highest BCUT2D eigenvalue weighted by Crippen LogP contribution is 2.24. The second-order valence-electron chi connectivity index (χ2n) is 4.50. The molecule has 1 aromatic heterocycles. The van der Waals surface area contributed by atoms with Crippen molar-refractivity contribution < 1.29 is 4.74 Å². The zero-order chi connectivity index (χ0) is 11.7. The minimum Gasteiger partial charge on any atom is -0.497 e. The first-order valence-corrected chi connectivity index (χ1v) is 5.85. The van der Waals surface area contributed by atoms with Crippen molar-refractivity contribution in [2.24, 2.45) is 0 Å².